The van der Waals surface area contributed by atoms with Gasteiger partial charge >= 0.3 is 0 Å². The van der Waals surface area contributed by atoms with Gasteiger partial charge in [0.1, 0.15) is 0 Å². The van der Waals surface area contributed by atoms with Crippen LogP contribution >= 0.6 is 22.9 Å². The number of nitrogens with one attached hydrogen (secondary N) is 2. The Bertz CT molecular complexity index is 1000. The number of carbonyl (C=O) groups excluding carboxylic acids is 1. The first kappa shape index (κ1) is 16.8. The van der Waals surface area contributed by atoms with Crippen molar-refractivity contribution in [2.24, 2.45) is 0 Å². The van der Waals surface area contributed by atoms with Crippen molar-refractivity contribution in [3.05, 3.63) is 82.2 Å². The van der Waals surface area contributed by atoms with Crippen LogP contribution in [0.3, 0.4) is 0 Å². The van der Waals surface area contributed by atoms with E-state index < -0.39 is 5.54 Å². The van der Waals surface area contributed by atoms with Gasteiger partial charge in [0.25, 0.3) is 5.91 Å². The summed E-state index contributed by atoms with van der Waals surface area (Å²) < 4.78 is 0. The summed E-state index contributed by atoms with van der Waals surface area (Å²) in [5, 5.41) is 11.9. The summed E-state index contributed by atoms with van der Waals surface area (Å²) in [4.78, 5) is 16.4. The summed E-state index contributed by atoms with van der Waals surface area (Å²) in [5.74, 6) is -0.0650. The molecule has 6 heteroatoms. The second kappa shape index (κ2) is 6.27. The fraction of sp³-hybridized carbons (Fsp3) is 0.100. The van der Waals surface area contributed by atoms with Gasteiger partial charge in [-0.15, -0.1) is 11.3 Å². The molecule has 1 amide bonds. The summed E-state index contributed by atoms with van der Waals surface area (Å²) in [6, 6.07) is 21.1. The molecule has 1 unspecified atom stereocenters. The quantitative estimate of drug-likeness (QED) is 0.710. The molecular weight excluding hydrogens is 366 g/mol. The average molecular weight is 382 g/mol. The predicted molar refractivity (Wildman–Crippen MR) is 106 cm³/mol. The second-order valence-electron chi connectivity index (χ2n) is 6.13. The third-order valence-corrected chi connectivity index (χ3v) is 6.05. The second-order valence-corrected chi connectivity index (χ2v) is 7.65. The van der Waals surface area contributed by atoms with Crippen LogP contribution in [0.15, 0.2) is 66.7 Å². The third kappa shape index (κ3) is 2.52. The number of nitrogens with zero attached hydrogens (tertiary/aromatic N) is 1. The van der Waals surface area contributed by atoms with Crippen molar-refractivity contribution in [1.29, 1.82) is 5.41 Å². The number of hydrogen-bond donors (Lipinski definition) is 2. The maximum absolute atomic E-state index is 13.1. The van der Waals surface area contributed by atoms with Gasteiger partial charge in [-0.05, 0) is 35.4 Å². The first-order chi connectivity index (χ1) is 12.5. The lowest BCUT2D eigenvalue weighted by molar-refractivity contribution is -0.129. The number of halogens is 1. The van der Waals surface area contributed by atoms with Crippen LogP contribution in [0.1, 0.15) is 10.4 Å². The van der Waals surface area contributed by atoms with Crippen LogP contribution in [0.5, 0.6) is 0 Å². The third-order valence-electron chi connectivity index (χ3n) is 4.56. The van der Waals surface area contributed by atoms with Crippen molar-refractivity contribution in [2.45, 2.75) is 5.54 Å². The minimum absolute atomic E-state index is 0.0940. The molecule has 4 rings (SSSR count). The molecule has 26 heavy (non-hydrogen) atoms. The lowest BCUT2D eigenvalue weighted by Gasteiger charge is -2.26. The monoisotopic (exact) mass is 381 g/mol. The number of guanidine groups is 1. The largest absolute Gasteiger partial charge is 0.334 e. The zero-order chi connectivity index (χ0) is 18.3. The molecule has 2 aromatic carbocycles. The standard InChI is InChI=1S/C20H16ClN3OS/c1-24-18(25)20(23-19(24)22,14-7-3-2-4-8-14)17-11-10-16(26-17)13-6-5-9-15(21)12-13/h2-12H,1H3,(H2,22,23). The van der Waals surface area contributed by atoms with Gasteiger partial charge in [0.05, 0.1) is 0 Å². The first-order valence-electron chi connectivity index (χ1n) is 8.09. The van der Waals surface area contributed by atoms with E-state index >= 15 is 0 Å². The van der Waals surface area contributed by atoms with E-state index in [9.17, 15) is 4.79 Å². The fourth-order valence-electron chi connectivity index (χ4n) is 3.20. The molecule has 0 aliphatic carbocycles. The lowest BCUT2D eigenvalue weighted by atomic mass is 9.88. The number of rotatable bonds is 3. The zero-order valence-corrected chi connectivity index (χ0v) is 15.6. The molecule has 1 aliphatic heterocycles. The van der Waals surface area contributed by atoms with E-state index in [2.05, 4.69) is 5.32 Å². The normalized spacial score (nSPS) is 19.7. The van der Waals surface area contributed by atoms with E-state index in [1.54, 1.807) is 7.05 Å². The van der Waals surface area contributed by atoms with Crippen LogP contribution in [-0.4, -0.2) is 23.8 Å². The van der Waals surface area contributed by atoms with Gasteiger partial charge in [-0.3, -0.25) is 15.1 Å². The van der Waals surface area contributed by atoms with Gasteiger partial charge < -0.3 is 5.32 Å². The summed E-state index contributed by atoms with van der Waals surface area (Å²) in [6.45, 7) is 0. The Hall–Kier alpha value is -2.63. The van der Waals surface area contributed by atoms with E-state index in [0.29, 0.717) is 5.02 Å². The van der Waals surface area contributed by atoms with Crippen LogP contribution < -0.4 is 5.32 Å². The molecule has 2 heterocycles. The number of likely N-dealkylation sites (N-methyl/N-ethyl adjacent to an activating group) is 1. The highest BCUT2D eigenvalue weighted by Crippen LogP contribution is 2.41. The lowest BCUT2D eigenvalue weighted by Crippen LogP contribution is -2.44. The van der Waals surface area contributed by atoms with Gasteiger partial charge in [-0.2, -0.15) is 0 Å². The Balaban J connectivity index is 1.87. The fourth-order valence-corrected chi connectivity index (χ4v) is 4.55. The summed E-state index contributed by atoms with van der Waals surface area (Å²) in [6.07, 6.45) is 0. The Morgan fingerprint density at radius 2 is 1.85 bits per heavy atom. The van der Waals surface area contributed by atoms with Crippen LogP contribution in [-0.2, 0) is 10.3 Å². The summed E-state index contributed by atoms with van der Waals surface area (Å²) in [5.41, 5.74) is 0.749. The van der Waals surface area contributed by atoms with Gasteiger partial charge in [-0.1, -0.05) is 54.1 Å². The van der Waals surface area contributed by atoms with E-state index in [0.717, 1.165) is 20.9 Å². The Labute approximate surface area is 160 Å². The van der Waals surface area contributed by atoms with Crippen molar-refractivity contribution in [3.8, 4) is 10.4 Å². The summed E-state index contributed by atoms with van der Waals surface area (Å²) in [7, 11) is 1.62. The molecule has 1 saturated heterocycles. The summed E-state index contributed by atoms with van der Waals surface area (Å²) >= 11 is 7.64. The van der Waals surface area contributed by atoms with Gasteiger partial charge in [0.15, 0.2) is 11.5 Å². The maximum atomic E-state index is 13.1. The SMILES string of the molecule is CN1C(=N)NC(c2ccccc2)(c2ccc(-c3cccc(Cl)c3)s2)C1=O. The van der Waals surface area contributed by atoms with E-state index in [1.807, 2.05) is 66.7 Å². The molecule has 1 fully saturated rings. The van der Waals surface area contributed by atoms with E-state index in [4.69, 9.17) is 17.0 Å². The molecule has 0 spiro atoms. The van der Waals surface area contributed by atoms with Crippen LogP contribution in [0, 0.1) is 5.41 Å². The number of carbonyl (C=O) groups is 1. The highest BCUT2D eigenvalue weighted by atomic mass is 35.5. The smallest absolute Gasteiger partial charge is 0.265 e. The van der Waals surface area contributed by atoms with Crippen molar-refractivity contribution in [2.75, 3.05) is 7.05 Å². The van der Waals surface area contributed by atoms with Gasteiger partial charge in [0.2, 0.25) is 0 Å². The van der Waals surface area contributed by atoms with Crippen LogP contribution in [0.25, 0.3) is 10.4 Å². The van der Waals surface area contributed by atoms with Gasteiger partial charge in [-0.25, -0.2) is 0 Å². The number of hydrogen-bond acceptors (Lipinski definition) is 3. The number of amides is 1. The molecule has 3 aromatic rings. The van der Waals surface area contributed by atoms with Gasteiger partial charge in [0, 0.05) is 21.8 Å². The highest BCUT2D eigenvalue weighted by molar-refractivity contribution is 7.15. The molecule has 130 valence electrons. The number of thiophene rings is 1. The highest BCUT2D eigenvalue weighted by Gasteiger charge is 2.51. The van der Waals surface area contributed by atoms with Crippen molar-refractivity contribution in [1.82, 2.24) is 10.2 Å². The molecule has 1 atom stereocenters. The molecule has 2 N–H and O–H groups in total. The molecule has 1 aromatic heterocycles. The van der Waals surface area contributed by atoms with Crippen LogP contribution in [0.2, 0.25) is 5.02 Å². The maximum Gasteiger partial charge on any atom is 0.265 e. The zero-order valence-electron chi connectivity index (χ0n) is 14.0. The minimum Gasteiger partial charge on any atom is -0.334 e. The number of benzene rings is 2. The molecule has 1 aliphatic rings. The van der Waals surface area contributed by atoms with Crippen molar-refractivity contribution < 1.29 is 4.79 Å². The Kier molecular flexibility index (Phi) is 4.05. The molecular formula is C20H16ClN3OS. The van der Waals surface area contributed by atoms with Crippen molar-refractivity contribution >= 4 is 34.8 Å². The van der Waals surface area contributed by atoms with Crippen LogP contribution in [0.4, 0.5) is 0 Å². The topological polar surface area (TPSA) is 56.2 Å². The minimum atomic E-state index is -1.07. The van der Waals surface area contributed by atoms with E-state index in [1.165, 1.54) is 16.2 Å². The molecule has 4 nitrogen and oxygen atoms in total. The van der Waals surface area contributed by atoms with Crippen molar-refractivity contribution in [3.63, 3.8) is 0 Å². The molecule has 0 bridgehead atoms. The van der Waals surface area contributed by atoms with E-state index in [-0.39, 0.29) is 11.9 Å². The Morgan fingerprint density at radius 1 is 1.08 bits per heavy atom. The Morgan fingerprint density at radius 3 is 2.50 bits per heavy atom. The molecule has 0 saturated carbocycles. The predicted octanol–water partition coefficient (Wildman–Crippen LogP) is 4.31. The first-order valence-corrected chi connectivity index (χ1v) is 9.28. The molecule has 0 radical (unpaired) electrons. The average Bonchev–Trinajstić information content (AvgIpc) is 3.23.